The second-order valence-corrected chi connectivity index (χ2v) is 7.21. The van der Waals surface area contributed by atoms with Crippen LogP contribution in [0.15, 0.2) is 82.5 Å². The first-order valence-electron chi connectivity index (χ1n) is 9.81. The number of nitrogens with zero attached hydrogens (tertiary/aromatic N) is 3. The van der Waals surface area contributed by atoms with Crippen molar-refractivity contribution in [2.24, 2.45) is 5.10 Å². The van der Waals surface area contributed by atoms with Gasteiger partial charge in [0.15, 0.2) is 0 Å². The summed E-state index contributed by atoms with van der Waals surface area (Å²) in [4.78, 5) is 2.59. The van der Waals surface area contributed by atoms with Gasteiger partial charge in [0.25, 0.3) is 0 Å². The molecule has 0 N–H and O–H groups in total. The van der Waals surface area contributed by atoms with Crippen LogP contribution >= 0.6 is 0 Å². The lowest BCUT2D eigenvalue weighted by Gasteiger charge is -2.37. The van der Waals surface area contributed by atoms with E-state index < -0.39 is 0 Å². The molecule has 0 unspecified atom stereocenters. The average Bonchev–Trinajstić information content (AvgIpc) is 3.38. The van der Waals surface area contributed by atoms with Crippen molar-refractivity contribution in [3.63, 3.8) is 0 Å². The number of benzene rings is 2. The summed E-state index contributed by atoms with van der Waals surface area (Å²) in [6, 6.07) is 21.8. The molecule has 0 amide bonds. The van der Waals surface area contributed by atoms with Gasteiger partial charge in [-0.05, 0) is 46.5 Å². The van der Waals surface area contributed by atoms with Crippen LogP contribution in [0.4, 0.5) is 0 Å². The molecular weight excluding hydrogens is 346 g/mol. The highest BCUT2D eigenvalue weighted by Gasteiger charge is 2.33. The van der Waals surface area contributed by atoms with Crippen molar-refractivity contribution in [3.05, 3.63) is 89.9 Å². The lowest BCUT2D eigenvalue weighted by Crippen LogP contribution is -2.45. The second kappa shape index (κ2) is 7.49. The topological polar surface area (TPSA) is 32.0 Å². The van der Waals surface area contributed by atoms with Gasteiger partial charge in [-0.1, -0.05) is 48.5 Å². The molecule has 1 saturated heterocycles. The van der Waals surface area contributed by atoms with Crippen LogP contribution in [-0.2, 0) is 0 Å². The number of rotatable bonds is 4. The highest BCUT2D eigenvalue weighted by atomic mass is 16.3. The zero-order valence-corrected chi connectivity index (χ0v) is 15.7. The quantitative estimate of drug-likeness (QED) is 0.627. The molecule has 4 heteroatoms. The van der Waals surface area contributed by atoms with Crippen LogP contribution in [0.5, 0.6) is 0 Å². The minimum absolute atomic E-state index is 0.359. The Morgan fingerprint density at radius 2 is 1.50 bits per heavy atom. The van der Waals surface area contributed by atoms with Crippen LogP contribution in [0.1, 0.15) is 22.9 Å². The van der Waals surface area contributed by atoms with Gasteiger partial charge in [-0.2, -0.15) is 5.10 Å². The molecule has 2 heterocycles. The Labute approximate surface area is 165 Å². The van der Waals surface area contributed by atoms with Gasteiger partial charge in [-0.25, -0.2) is 0 Å². The van der Waals surface area contributed by atoms with E-state index in [9.17, 15) is 0 Å². The molecule has 5 rings (SSSR count). The van der Waals surface area contributed by atoms with Gasteiger partial charge in [0.2, 0.25) is 0 Å². The third-order valence-corrected chi connectivity index (χ3v) is 5.58. The summed E-state index contributed by atoms with van der Waals surface area (Å²) >= 11 is 0. The van der Waals surface area contributed by atoms with Gasteiger partial charge in [0.1, 0.15) is 5.76 Å². The van der Waals surface area contributed by atoms with Crippen LogP contribution in [0.25, 0.3) is 17.2 Å². The maximum atomic E-state index is 5.29. The highest BCUT2D eigenvalue weighted by molar-refractivity contribution is 5.78. The van der Waals surface area contributed by atoms with Gasteiger partial charge in [-0.3, -0.25) is 9.91 Å². The zero-order valence-electron chi connectivity index (χ0n) is 15.7. The Hall–Kier alpha value is -3.11. The molecule has 3 aromatic rings. The first kappa shape index (κ1) is 17.0. The smallest absolute Gasteiger partial charge is 0.126 e. The Morgan fingerprint density at radius 1 is 0.821 bits per heavy atom. The summed E-state index contributed by atoms with van der Waals surface area (Å²) in [6.07, 6.45) is 7.37. The van der Waals surface area contributed by atoms with E-state index in [4.69, 9.17) is 4.42 Å². The molecule has 0 bridgehead atoms. The molecule has 1 aliphatic heterocycles. The number of hydrazone groups is 1. The number of fused-ring (bicyclic) bond motifs is 3. The first-order chi connectivity index (χ1) is 13.9. The van der Waals surface area contributed by atoms with Crippen molar-refractivity contribution >= 4 is 12.3 Å². The molecular formula is C24H23N3O. The minimum Gasteiger partial charge on any atom is -0.465 e. The fourth-order valence-corrected chi connectivity index (χ4v) is 4.26. The fourth-order valence-electron chi connectivity index (χ4n) is 4.26. The van der Waals surface area contributed by atoms with E-state index in [2.05, 4.69) is 63.5 Å². The van der Waals surface area contributed by atoms with Crippen molar-refractivity contribution in [1.82, 2.24) is 9.91 Å². The van der Waals surface area contributed by atoms with Crippen molar-refractivity contribution < 1.29 is 4.42 Å². The monoisotopic (exact) mass is 369 g/mol. The highest BCUT2D eigenvalue weighted by Crippen LogP contribution is 2.46. The van der Waals surface area contributed by atoms with Gasteiger partial charge in [0.05, 0.1) is 12.3 Å². The van der Waals surface area contributed by atoms with E-state index in [1.807, 2.05) is 30.5 Å². The fraction of sp³-hybridized carbons (Fsp3) is 0.208. The molecule has 0 spiro atoms. The van der Waals surface area contributed by atoms with E-state index in [0.717, 1.165) is 31.9 Å². The average molecular weight is 369 g/mol. The molecule has 0 radical (unpaired) electrons. The summed E-state index contributed by atoms with van der Waals surface area (Å²) in [7, 11) is 0. The van der Waals surface area contributed by atoms with Gasteiger partial charge < -0.3 is 4.42 Å². The number of furan rings is 1. The van der Waals surface area contributed by atoms with Crippen LogP contribution in [0, 0.1) is 0 Å². The summed E-state index contributed by atoms with van der Waals surface area (Å²) in [5, 5.41) is 6.73. The lowest BCUT2D eigenvalue weighted by atomic mass is 10.0. The van der Waals surface area contributed by atoms with Crippen molar-refractivity contribution in [3.8, 4) is 11.1 Å². The van der Waals surface area contributed by atoms with Crippen molar-refractivity contribution in [2.75, 3.05) is 26.2 Å². The summed E-state index contributed by atoms with van der Waals surface area (Å²) in [5.74, 6) is 0.842. The first-order valence-corrected chi connectivity index (χ1v) is 9.81. The Morgan fingerprint density at radius 3 is 2.14 bits per heavy atom. The zero-order chi connectivity index (χ0) is 18.8. The molecule has 1 aliphatic carbocycles. The van der Waals surface area contributed by atoms with Crippen molar-refractivity contribution in [2.45, 2.75) is 6.04 Å². The van der Waals surface area contributed by atoms with E-state index in [0.29, 0.717) is 6.04 Å². The Kier molecular flexibility index (Phi) is 4.55. The van der Waals surface area contributed by atoms with E-state index >= 15 is 0 Å². The molecule has 1 aromatic heterocycles. The third kappa shape index (κ3) is 3.16. The molecule has 28 heavy (non-hydrogen) atoms. The third-order valence-electron chi connectivity index (χ3n) is 5.58. The number of hydrogen-bond donors (Lipinski definition) is 0. The molecule has 140 valence electrons. The molecule has 2 aliphatic rings. The molecule has 2 aromatic carbocycles. The van der Waals surface area contributed by atoms with E-state index in [1.165, 1.54) is 22.3 Å². The Balaban J connectivity index is 1.27. The maximum Gasteiger partial charge on any atom is 0.126 e. The SMILES string of the molecule is C(/C=C/c1ccco1)=NN1CCN(C2c3ccccc3-c3ccccc32)CC1. The standard InChI is InChI=1S/C24H23N3O/c1-3-11-22-20(9-1)21-10-2-4-12-23(21)24(22)26-14-16-27(17-15-26)25-13-5-7-19-8-6-18-28-19/h1-13,18,24H,14-17H2/b7-5+,25-13?. The van der Waals surface area contributed by atoms with E-state index in [-0.39, 0.29) is 0 Å². The molecule has 4 nitrogen and oxygen atoms in total. The maximum absolute atomic E-state index is 5.29. The van der Waals surface area contributed by atoms with Gasteiger partial charge in [-0.15, -0.1) is 0 Å². The van der Waals surface area contributed by atoms with Gasteiger partial charge >= 0.3 is 0 Å². The summed E-state index contributed by atoms with van der Waals surface area (Å²) < 4.78 is 5.29. The molecule has 0 atom stereocenters. The predicted molar refractivity (Wildman–Crippen MR) is 113 cm³/mol. The summed E-state index contributed by atoms with van der Waals surface area (Å²) in [5.41, 5.74) is 5.63. The lowest BCUT2D eigenvalue weighted by molar-refractivity contribution is 0.114. The predicted octanol–water partition coefficient (Wildman–Crippen LogP) is 4.67. The minimum atomic E-state index is 0.359. The van der Waals surface area contributed by atoms with Crippen molar-refractivity contribution in [1.29, 1.82) is 0 Å². The normalized spacial score (nSPS) is 17.5. The van der Waals surface area contributed by atoms with Crippen LogP contribution in [0.3, 0.4) is 0 Å². The molecule has 0 saturated carbocycles. The van der Waals surface area contributed by atoms with Crippen LogP contribution in [0.2, 0.25) is 0 Å². The van der Waals surface area contributed by atoms with Crippen LogP contribution in [-0.4, -0.2) is 42.3 Å². The number of piperazine rings is 1. The Bertz CT molecular complexity index is 953. The van der Waals surface area contributed by atoms with Crippen LogP contribution < -0.4 is 0 Å². The van der Waals surface area contributed by atoms with Gasteiger partial charge in [0, 0.05) is 32.4 Å². The summed E-state index contributed by atoms with van der Waals surface area (Å²) in [6.45, 7) is 3.89. The largest absolute Gasteiger partial charge is 0.465 e. The number of allylic oxidation sites excluding steroid dienone is 1. The molecule has 1 fully saturated rings. The van der Waals surface area contributed by atoms with E-state index in [1.54, 1.807) is 6.26 Å². The number of hydrogen-bond acceptors (Lipinski definition) is 4. The second-order valence-electron chi connectivity index (χ2n) is 7.21.